The van der Waals surface area contributed by atoms with E-state index < -0.39 is 0 Å². The maximum Gasteiger partial charge on any atom is 0.274 e. The molecule has 0 saturated carbocycles. The Labute approximate surface area is 150 Å². The van der Waals surface area contributed by atoms with E-state index in [0.29, 0.717) is 24.0 Å². The van der Waals surface area contributed by atoms with Crippen LogP contribution < -0.4 is 0 Å². The summed E-state index contributed by atoms with van der Waals surface area (Å²) in [6.07, 6.45) is 7.36. The molecule has 4 heterocycles. The normalized spacial score (nSPS) is 18.1. The van der Waals surface area contributed by atoms with E-state index in [1.807, 2.05) is 25.1 Å². The van der Waals surface area contributed by atoms with Crippen molar-refractivity contribution in [3.63, 3.8) is 0 Å². The van der Waals surface area contributed by atoms with Gasteiger partial charge in [0.05, 0.1) is 17.8 Å². The number of H-pyrrole nitrogens is 1. The standard InChI is InChI=1S/C17H21N7O2/c1-11-8-13(21-20-11)17(25)24-7-5-3-4-6-14(24)15-19-16(26-22-15)12-9-18-23(2)10-12/h8-10,14H,3-7H2,1-2H3,(H,20,21)/t14-/m0/s1. The van der Waals surface area contributed by atoms with Crippen LogP contribution in [-0.4, -0.2) is 47.5 Å². The molecule has 9 heteroatoms. The lowest BCUT2D eigenvalue weighted by atomic mass is 10.1. The molecule has 1 atom stereocenters. The lowest BCUT2D eigenvalue weighted by Crippen LogP contribution is -2.35. The largest absolute Gasteiger partial charge is 0.334 e. The van der Waals surface area contributed by atoms with Gasteiger partial charge < -0.3 is 9.42 Å². The number of carbonyl (C=O) groups excluding carboxylic acids is 1. The number of rotatable bonds is 3. The second kappa shape index (κ2) is 6.74. The molecule has 0 spiro atoms. The quantitative estimate of drug-likeness (QED) is 0.772. The second-order valence-electron chi connectivity index (χ2n) is 6.66. The van der Waals surface area contributed by atoms with Crippen molar-refractivity contribution in [2.24, 2.45) is 7.05 Å². The van der Waals surface area contributed by atoms with Crippen molar-refractivity contribution in [2.75, 3.05) is 6.54 Å². The molecule has 0 bridgehead atoms. The third-order valence-electron chi connectivity index (χ3n) is 4.63. The number of nitrogens with one attached hydrogen (secondary N) is 1. The van der Waals surface area contributed by atoms with Crippen LogP contribution in [0.15, 0.2) is 23.0 Å². The summed E-state index contributed by atoms with van der Waals surface area (Å²) in [7, 11) is 1.83. The van der Waals surface area contributed by atoms with Crippen molar-refractivity contribution in [1.29, 1.82) is 0 Å². The Hall–Kier alpha value is -2.97. The van der Waals surface area contributed by atoms with E-state index in [0.717, 1.165) is 36.9 Å². The molecule has 3 aromatic rings. The Balaban J connectivity index is 1.63. The number of nitrogens with zero attached hydrogens (tertiary/aromatic N) is 6. The minimum Gasteiger partial charge on any atom is -0.334 e. The third-order valence-corrected chi connectivity index (χ3v) is 4.63. The first-order valence-electron chi connectivity index (χ1n) is 8.77. The van der Waals surface area contributed by atoms with Gasteiger partial charge in [0.1, 0.15) is 5.69 Å². The van der Waals surface area contributed by atoms with Gasteiger partial charge in [0, 0.05) is 25.5 Å². The Bertz CT molecular complexity index is 910. The maximum atomic E-state index is 13.0. The van der Waals surface area contributed by atoms with E-state index in [2.05, 4.69) is 25.4 Å². The maximum absolute atomic E-state index is 13.0. The molecule has 0 unspecified atom stereocenters. The zero-order chi connectivity index (χ0) is 18.1. The smallest absolute Gasteiger partial charge is 0.274 e. The number of likely N-dealkylation sites (tertiary alicyclic amines) is 1. The number of amides is 1. The molecular formula is C17H21N7O2. The van der Waals surface area contributed by atoms with Crippen LogP contribution in [0, 0.1) is 6.92 Å². The van der Waals surface area contributed by atoms with E-state index in [1.165, 1.54) is 0 Å². The molecule has 4 rings (SSSR count). The van der Waals surface area contributed by atoms with Crippen LogP contribution in [-0.2, 0) is 7.05 Å². The van der Waals surface area contributed by atoms with E-state index >= 15 is 0 Å². The number of hydrogen-bond acceptors (Lipinski definition) is 6. The number of aryl methyl sites for hydroxylation is 2. The monoisotopic (exact) mass is 355 g/mol. The third kappa shape index (κ3) is 3.12. The molecule has 136 valence electrons. The summed E-state index contributed by atoms with van der Waals surface area (Å²) in [5.74, 6) is 0.848. The first-order valence-corrected chi connectivity index (χ1v) is 8.77. The highest BCUT2D eigenvalue weighted by molar-refractivity contribution is 5.92. The van der Waals surface area contributed by atoms with Crippen LogP contribution in [0.1, 0.15) is 53.7 Å². The van der Waals surface area contributed by atoms with Crippen LogP contribution in [0.5, 0.6) is 0 Å². The van der Waals surface area contributed by atoms with Gasteiger partial charge in [0.2, 0.25) is 0 Å². The first-order chi connectivity index (χ1) is 12.6. The van der Waals surface area contributed by atoms with Gasteiger partial charge in [-0.05, 0) is 25.8 Å². The molecule has 1 amide bonds. The Morgan fingerprint density at radius 3 is 2.96 bits per heavy atom. The minimum atomic E-state index is -0.212. The Morgan fingerprint density at radius 2 is 2.23 bits per heavy atom. The van der Waals surface area contributed by atoms with Gasteiger partial charge in [-0.2, -0.15) is 15.2 Å². The summed E-state index contributed by atoms with van der Waals surface area (Å²) in [6.45, 7) is 2.54. The van der Waals surface area contributed by atoms with Crippen molar-refractivity contribution < 1.29 is 9.32 Å². The van der Waals surface area contributed by atoms with Gasteiger partial charge in [0.25, 0.3) is 11.8 Å². The predicted molar refractivity (Wildman–Crippen MR) is 92.1 cm³/mol. The van der Waals surface area contributed by atoms with Crippen molar-refractivity contribution in [3.05, 3.63) is 35.7 Å². The molecule has 9 nitrogen and oxygen atoms in total. The molecule has 1 N–H and O–H groups in total. The van der Waals surface area contributed by atoms with Gasteiger partial charge in [-0.15, -0.1) is 0 Å². The average Bonchev–Trinajstić information content (AvgIpc) is 3.33. The average molecular weight is 355 g/mol. The highest BCUT2D eigenvalue weighted by Gasteiger charge is 2.32. The van der Waals surface area contributed by atoms with Crippen LogP contribution >= 0.6 is 0 Å². The van der Waals surface area contributed by atoms with Gasteiger partial charge in [0.15, 0.2) is 5.82 Å². The summed E-state index contributed by atoms with van der Waals surface area (Å²) in [5, 5.41) is 15.2. The predicted octanol–water partition coefficient (Wildman–Crippen LogP) is 2.26. The van der Waals surface area contributed by atoms with Crippen LogP contribution in [0.2, 0.25) is 0 Å². The fraction of sp³-hybridized carbons (Fsp3) is 0.471. The fourth-order valence-electron chi connectivity index (χ4n) is 3.31. The van der Waals surface area contributed by atoms with E-state index in [-0.39, 0.29) is 11.9 Å². The van der Waals surface area contributed by atoms with E-state index in [4.69, 9.17) is 4.52 Å². The topological polar surface area (TPSA) is 106 Å². The van der Waals surface area contributed by atoms with Gasteiger partial charge in [-0.1, -0.05) is 18.0 Å². The lowest BCUT2D eigenvalue weighted by molar-refractivity contribution is 0.0664. The molecule has 1 aliphatic rings. The first kappa shape index (κ1) is 16.5. The van der Waals surface area contributed by atoms with Crippen molar-refractivity contribution in [1.82, 2.24) is 35.0 Å². The van der Waals surface area contributed by atoms with Crippen LogP contribution in [0.25, 0.3) is 11.5 Å². The molecule has 0 aromatic carbocycles. The molecule has 0 aliphatic carbocycles. The fourth-order valence-corrected chi connectivity index (χ4v) is 3.31. The van der Waals surface area contributed by atoms with Crippen molar-refractivity contribution >= 4 is 5.91 Å². The highest BCUT2D eigenvalue weighted by Crippen LogP contribution is 2.31. The van der Waals surface area contributed by atoms with Gasteiger partial charge >= 0.3 is 0 Å². The molecule has 1 saturated heterocycles. The van der Waals surface area contributed by atoms with Gasteiger partial charge in [-0.3, -0.25) is 14.6 Å². The zero-order valence-corrected chi connectivity index (χ0v) is 14.8. The summed E-state index contributed by atoms with van der Waals surface area (Å²) in [6, 6.07) is 1.55. The van der Waals surface area contributed by atoms with E-state index in [1.54, 1.807) is 16.9 Å². The molecule has 1 aliphatic heterocycles. The molecule has 1 fully saturated rings. The van der Waals surface area contributed by atoms with Crippen molar-refractivity contribution in [3.8, 4) is 11.5 Å². The Kier molecular flexibility index (Phi) is 4.27. The molecule has 0 radical (unpaired) electrons. The molecule has 26 heavy (non-hydrogen) atoms. The number of aromatic amines is 1. The van der Waals surface area contributed by atoms with Gasteiger partial charge in [-0.25, -0.2) is 0 Å². The lowest BCUT2D eigenvalue weighted by Gasteiger charge is -2.27. The minimum absolute atomic E-state index is 0.103. The summed E-state index contributed by atoms with van der Waals surface area (Å²) in [4.78, 5) is 19.3. The molecular weight excluding hydrogens is 334 g/mol. The van der Waals surface area contributed by atoms with E-state index in [9.17, 15) is 4.79 Å². The summed E-state index contributed by atoms with van der Waals surface area (Å²) in [5.41, 5.74) is 2.05. The second-order valence-corrected chi connectivity index (χ2v) is 6.66. The summed E-state index contributed by atoms with van der Waals surface area (Å²) >= 11 is 0. The van der Waals surface area contributed by atoms with Crippen LogP contribution in [0.4, 0.5) is 0 Å². The number of carbonyl (C=O) groups is 1. The van der Waals surface area contributed by atoms with Crippen LogP contribution in [0.3, 0.4) is 0 Å². The zero-order valence-electron chi connectivity index (χ0n) is 14.8. The number of aromatic nitrogens is 6. The summed E-state index contributed by atoms with van der Waals surface area (Å²) < 4.78 is 7.10. The molecule has 3 aromatic heterocycles. The Morgan fingerprint density at radius 1 is 1.35 bits per heavy atom. The van der Waals surface area contributed by atoms with Crippen molar-refractivity contribution in [2.45, 2.75) is 38.6 Å². The SMILES string of the molecule is Cc1cc(C(=O)N2CCCCC[C@H]2c2noc(-c3cnn(C)c3)n2)n[nH]1. The highest BCUT2D eigenvalue weighted by atomic mass is 16.5. The number of hydrogen-bond donors (Lipinski definition) is 1.